The summed E-state index contributed by atoms with van der Waals surface area (Å²) in [5, 5.41) is 13.7. The number of nitrogens with zero attached hydrogens (tertiary/aromatic N) is 2. The molecule has 5 nitrogen and oxygen atoms in total. The second-order valence-corrected chi connectivity index (χ2v) is 3.31. The molecular formula is C9H10ClN3O2. The zero-order valence-electron chi connectivity index (χ0n) is 8.11. The summed E-state index contributed by atoms with van der Waals surface area (Å²) in [6, 6.07) is 2.58. The summed E-state index contributed by atoms with van der Waals surface area (Å²) >= 11 is 5.65. The van der Waals surface area contributed by atoms with E-state index in [1.54, 1.807) is 13.0 Å². The molecule has 0 aromatic carbocycles. The molecule has 0 aliphatic carbocycles. The number of hydrogen-bond donors (Lipinski definition) is 1. The topological polar surface area (TPSA) is 68.1 Å². The fraction of sp³-hybridized carbons (Fsp3) is 0.222. The number of nitrogens with one attached hydrogen (secondary N) is 1. The van der Waals surface area contributed by atoms with Crippen molar-refractivity contribution in [2.45, 2.75) is 13.0 Å². The van der Waals surface area contributed by atoms with Gasteiger partial charge in [0.2, 0.25) is 5.82 Å². The molecule has 80 valence electrons. The molecule has 0 aliphatic rings. The van der Waals surface area contributed by atoms with E-state index in [4.69, 9.17) is 11.6 Å². The molecule has 0 aliphatic heterocycles. The van der Waals surface area contributed by atoms with Crippen LogP contribution in [0, 0.1) is 10.1 Å². The molecule has 0 fully saturated rings. The first-order chi connectivity index (χ1) is 7.04. The maximum Gasteiger partial charge on any atom is 0.311 e. The molecular weight excluding hydrogens is 218 g/mol. The SMILES string of the molecule is C=CC(C)Nc1nc(Cl)ccc1[N+](=O)[O-]. The third kappa shape index (κ3) is 2.92. The lowest BCUT2D eigenvalue weighted by atomic mass is 10.3. The highest BCUT2D eigenvalue weighted by Gasteiger charge is 2.16. The van der Waals surface area contributed by atoms with Gasteiger partial charge in [-0.1, -0.05) is 17.7 Å². The van der Waals surface area contributed by atoms with Crippen LogP contribution in [0.4, 0.5) is 11.5 Å². The van der Waals surface area contributed by atoms with Gasteiger partial charge in [-0.05, 0) is 13.0 Å². The van der Waals surface area contributed by atoms with Crippen molar-refractivity contribution in [3.63, 3.8) is 0 Å². The minimum absolute atomic E-state index is 0.104. The minimum Gasteiger partial charge on any atom is -0.358 e. The fourth-order valence-electron chi connectivity index (χ4n) is 0.956. The van der Waals surface area contributed by atoms with E-state index < -0.39 is 4.92 Å². The predicted molar refractivity (Wildman–Crippen MR) is 59.2 cm³/mol. The standard InChI is InChI=1S/C9H10ClN3O2/c1-3-6(2)11-9-7(13(14)15)4-5-8(10)12-9/h3-6H,1H2,2H3,(H,11,12). The Morgan fingerprint density at radius 3 is 2.93 bits per heavy atom. The summed E-state index contributed by atoms with van der Waals surface area (Å²) in [4.78, 5) is 14.0. The van der Waals surface area contributed by atoms with Crippen molar-refractivity contribution in [1.82, 2.24) is 4.98 Å². The van der Waals surface area contributed by atoms with Crippen molar-refractivity contribution in [3.8, 4) is 0 Å². The number of nitro groups is 1. The average molecular weight is 228 g/mol. The van der Waals surface area contributed by atoms with E-state index >= 15 is 0 Å². The van der Waals surface area contributed by atoms with Crippen LogP contribution in [0.5, 0.6) is 0 Å². The Hall–Kier alpha value is -1.62. The van der Waals surface area contributed by atoms with E-state index in [1.807, 2.05) is 0 Å². The zero-order valence-corrected chi connectivity index (χ0v) is 8.86. The largest absolute Gasteiger partial charge is 0.358 e. The predicted octanol–water partition coefficient (Wildman–Crippen LogP) is 2.63. The third-order valence-corrected chi connectivity index (χ3v) is 1.97. The zero-order chi connectivity index (χ0) is 11.4. The second kappa shape index (κ2) is 4.75. The van der Waals surface area contributed by atoms with Crippen LogP contribution in [0.1, 0.15) is 6.92 Å². The van der Waals surface area contributed by atoms with E-state index in [-0.39, 0.29) is 22.7 Å². The van der Waals surface area contributed by atoms with Gasteiger partial charge in [-0.25, -0.2) is 4.98 Å². The first kappa shape index (κ1) is 11.5. The quantitative estimate of drug-likeness (QED) is 0.372. The molecule has 1 rings (SSSR count). The molecule has 6 heteroatoms. The van der Waals surface area contributed by atoms with Crippen LogP contribution >= 0.6 is 11.6 Å². The second-order valence-electron chi connectivity index (χ2n) is 2.93. The molecule has 0 saturated heterocycles. The molecule has 0 bridgehead atoms. The monoisotopic (exact) mass is 227 g/mol. The summed E-state index contributed by atoms with van der Waals surface area (Å²) in [5.41, 5.74) is -0.104. The molecule has 1 atom stereocenters. The average Bonchev–Trinajstić information content (AvgIpc) is 2.17. The number of halogens is 1. The number of pyridine rings is 1. The van der Waals surface area contributed by atoms with Crippen LogP contribution in [0.15, 0.2) is 24.8 Å². The summed E-state index contributed by atoms with van der Waals surface area (Å²) in [6.07, 6.45) is 1.62. The van der Waals surface area contributed by atoms with Gasteiger partial charge in [0.1, 0.15) is 5.15 Å². The first-order valence-corrected chi connectivity index (χ1v) is 4.62. The van der Waals surface area contributed by atoms with Gasteiger partial charge in [0.15, 0.2) is 0 Å². The summed E-state index contributed by atoms with van der Waals surface area (Å²) in [6.45, 7) is 5.37. The van der Waals surface area contributed by atoms with E-state index in [2.05, 4.69) is 16.9 Å². The highest BCUT2D eigenvalue weighted by Crippen LogP contribution is 2.24. The Morgan fingerprint density at radius 2 is 2.40 bits per heavy atom. The van der Waals surface area contributed by atoms with Crippen LogP contribution < -0.4 is 5.32 Å². The van der Waals surface area contributed by atoms with Gasteiger partial charge < -0.3 is 5.32 Å². The normalized spacial score (nSPS) is 11.9. The maximum atomic E-state index is 10.7. The van der Waals surface area contributed by atoms with Gasteiger partial charge in [-0.2, -0.15) is 0 Å². The highest BCUT2D eigenvalue weighted by atomic mass is 35.5. The van der Waals surface area contributed by atoms with E-state index in [1.165, 1.54) is 12.1 Å². The van der Waals surface area contributed by atoms with Crippen LogP contribution in [-0.4, -0.2) is 15.9 Å². The fourth-order valence-corrected chi connectivity index (χ4v) is 1.10. The molecule has 1 aromatic heterocycles. The Kier molecular flexibility index (Phi) is 3.62. The van der Waals surface area contributed by atoms with Crippen LogP contribution in [0.25, 0.3) is 0 Å². The minimum atomic E-state index is -0.512. The van der Waals surface area contributed by atoms with Crippen molar-refractivity contribution in [3.05, 3.63) is 40.1 Å². The lowest BCUT2D eigenvalue weighted by Crippen LogP contribution is -2.13. The lowest BCUT2D eigenvalue weighted by molar-refractivity contribution is -0.384. The Bertz CT molecular complexity index is 395. The number of rotatable bonds is 4. The molecule has 0 spiro atoms. The lowest BCUT2D eigenvalue weighted by Gasteiger charge is -2.09. The van der Waals surface area contributed by atoms with Gasteiger partial charge in [0.25, 0.3) is 0 Å². The van der Waals surface area contributed by atoms with Crippen molar-refractivity contribution in [1.29, 1.82) is 0 Å². The number of anilines is 1. The number of hydrogen-bond acceptors (Lipinski definition) is 4. The van der Waals surface area contributed by atoms with Gasteiger partial charge in [-0.15, -0.1) is 6.58 Å². The molecule has 0 saturated carbocycles. The van der Waals surface area contributed by atoms with Crippen LogP contribution in [0.3, 0.4) is 0 Å². The Labute approximate surface area is 91.9 Å². The molecule has 1 heterocycles. The van der Waals surface area contributed by atoms with E-state index in [9.17, 15) is 10.1 Å². The molecule has 0 amide bonds. The highest BCUT2D eigenvalue weighted by molar-refractivity contribution is 6.29. The Morgan fingerprint density at radius 1 is 1.73 bits per heavy atom. The van der Waals surface area contributed by atoms with Gasteiger partial charge in [-0.3, -0.25) is 10.1 Å². The van der Waals surface area contributed by atoms with Gasteiger partial charge >= 0.3 is 5.69 Å². The van der Waals surface area contributed by atoms with Gasteiger partial charge in [0.05, 0.1) is 4.92 Å². The van der Waals surface area contributed by atoms with Crippen LogP contribution in [0.2, 0.25) is 5.15 Å². The van der Waals surface area contributed by atoms with Crippen molar-refractivity contribution in [2.75, 3.05) is 5.32 Å². The molecule has 15 heavy (non-hydrogen) atoms. The maximum absolute atomic E-state index is 10.7. The molecule has 1 N–H and O–H groups in total. The van der Waals surface area contributed by atoms with E-state index in [0.717, 1.165) is 0 Å². The van der Waals surface area contributed by atoms with Crippen molar-refractivity contribution >= 4 is 23.1 Å². The summed E-state index contributed by atoms with van der Waals surface area (Å²) in [5.74, 6) is 0.153. The summed E-state index contributed by atoms with van der Waals surface area (Å²) in [7, 11) is 0. The summed E-state index contributed by atoms with van der Waals surface area (Å²) < 4.78 is 0. The first-order valence-electron chi connectivity index (χ1n) is 4.24. The molecule has 1 aromatic rings. The van der Waals surface area contributed by atoms with Crippen LogP contribution in [-0.2, 0) is 0 Å². The van der Waals surface area contributed by atoms with Crippen molar-refractivity contribution in [2.24, 2.45) is 0 Å². The van der Waals surface area contributed by atoms with Gasteiger partial charge in [0, 0.05) is 12.1 Å². The smallest absolute Gasteiger partial charge is 0.311 e. The Balaban J connectivity index is 3.07. The van der Waals surface area contributed by atoms with Crippen molar-refractivity contribution < 1.29 is 4.92 Å². The number of aromatic nitrogens is 1. The van der Waals surface area contributed by atoms with E-state index in [0.29, 0.717) is 0 Å². The molecule has 1 unspecified atom stereocenters. The molecule has 0 radical (unpaired) electrons. The third-order valence-electron chi connectivity index (χ3n) is 1.75.